The Bertz CT molecular complexity index is 190. The summed E-state index contributed by atoms with van der Waals surface area (Å²) in [6, 6.07) is 0.884. The molecule has 90 valence electrons. The summed E-state index contributed by atoms with van der Waals surface area (Å²) in [5, 5.41) is 37.3. The fourth-order valence-corrected chi connectivity index (χ4v) is 1.67. The molecule has 0 aromatic carbocycles. The van der Waals surface area contributed by atoms with Crippen LogP contribution in [0.3, 0.4) is 0 Å². The second-order valence-electron chi connectivity index (χ2n) is 3.57. The van der Waals surface area contributed by atoms with Gasteiger partial charge in [0.05, 0.1) is 6.61 Å². The van der Waals surface area contributed by atoms with E-state index in [1.165, 1.54) is 0 Å². The van der Waals surface area contributed by atoms with Gasteiger partial charge in [-0.05, 0) is 6.04 Å². The smallest absolute Gasteiger partial charge is 0.186 e. The molecule has 15 heavy (non-hydrogen) atoms. The molecular weight excluding hydrogens is 220 g/mol. The largest absolute Gasteiger partial charge is 0.394 e. The van der Waals surface area contributed by atoms with Crippen molar-refractivity contribution < 1.29 is 29.9 Å². The topological polar surface area (TPSA) is 99.4 Å². The maximum Gasteiger partial charge on any atom is 0.186 e. The number of ether oxygens (including phenoxy) is 2. The Hall–Kier alpha value is -0.0231. The normalized spacial score (nSPS) is 42.0. The first kappa shape index (κ1) is 13.0. The molecule has 0 aliphatic carbocycles. The van der Waals surface area contributed by atoms with Gasteiger partial charge in [-0.15, -0.1) is 0 Å². The van der Waals surface area contributed by atoms with Crippen molar-refractivity contribution in [2.75, 3.05) is 13.2 Å². The summed E-state index contributed by atoms with van der Waals surface area (Å²) in [5.41, 5.74) is 0. The minimum atomic E-state index is -1.35. The lowest BCUT2D eigenvalue weighted by Gasteiger charge is -2.39. The van der Waals surface area contributed by atoms with Crippen molar-refractivity contribution in [3.63, 3.8) is 0 Å². The molecule has 1 aliphatic heterocycles. The molecule has 7 heteroatoms. The molecule has 4 N–H and O–H groups in total. The molecule has 0 aromatic heterocycles. The second kappa shape index (κ2) is 5.90. The van der Waals surface area contributed by atoms with Gasteiger partial charge < -0.3 is 29.9 Å². The van der Waals surface area contributed by atoms with Crippen LogP contribution in [-0.2, 0) is 9.47 Å². The zero-order chi connectivity index (χ0) is 11.4. The van der Waals surface area contributed by atoms with Crippen LogP contribution in [0.1, 0.15) is 0 Å². The fourth-order valence-electron chi connectivity index (χ4n) is 1.44. The van der Waals surface area contributed by atoms with E-state index in [-0.39, 0.29) is 0 Å². The van der Waals surface area contributed by atoms with E-state index in [9.17, 15) is 15.3 Å². The highest BCUT2D eigenvalue weighted by atomic mass is 28.1. The fraction of sp³-hybridized carbons (Fsp3) is 1.00. The zero-order valence-electron chi connectivity index (χ0n) is 8.61. The monoisotopic (exact) mass is 238 g/mol. The molecule has 0 spiro atoms. The van der Waals surface area contributed by atoms with Gasteiger partial charge in [0.25, 0.3) is 0 Å². The van der Waals surface area contributed by atoms with Crippen molar-refractivity contribution in [3.05, 3.63) is 0 Å². The van der Waals surface area contributed by atoms with E-state index in [2.05, 4.69) is 0 Å². The van der Waals surface area contributed by atoms with Crippen molar-refractivity contribution in [3.8, 4) is 0 Å². The molecule has 1 fully saturated rings. The third-order valence-electron chi connectivity index (χ3n) is 2.33. The summed E-state index contributed by atoms with van der Waals surface area (Å²) in [4.78, 5) is 0. The quantitative estimate of drug-likeness (QED) is 0.381. The Morgan fingerprint density at radius 1 is 1.13 bits per heavy atom. The Morgan fingerprint density at radius 3 is 2.33 bits per heavy atom. The average Bonchev–Trinajstić information content (AvgIpc) is 2.25. The van der Waals surface area contributed by atoms with Gasteiger partial charge in [0.1, 0.15) is 24.4 Å². The number of rotatable bonds is 4. The molecule has 5 unspecified atom stereocenters. The van der Waals surface area contributed by atoms with Gasteiger partial charge in [0, 0.05) is 16.8 Å². The van der Waals surface area contributed by atoms with Crippen LogP contribution in [0.25, 0.3) is 0 Å². The zero-order valence-corrected chi connectivity index (χ0v) is 10.6. The maximum atomic E-state index is 9.52. The van der Waals surface area contributed by atoms with Crippen molar-refractivity contribution in [2.45, 2.75) is 36.7 Å². The van der Waals surface area contributed by atoms with Crippen LogP contribution in [0, 0.1) is 0 Å². The van der Waals surface area contributed by atoms with E-state index in [4.69, 9.17) is 14.6 Å². The van der Waals surface area contributed by atoms with E-state index in [0.717, 1.165) is 16.3 Å². The average molecular weight is 238 g/mol. The lowest BCUT2D eigenvalue weighted by atomic mass is 9.99. The highest BCUT2D eigenvalue weighted by Crippen LogP contribution is 2.21. The molecule has 1 saturated heterocycles. The number of hydrogen-bond donors (Lipinski definition) is 4. The third-order valence-corrected chi connectivity index (χ3v) is 2.74. The lowest BCUT2D eigenvalue weighted by Crippen LogP contribution is -2.59. The van der Waals surface area contributed by atoms with Crippen LogP contribution in [0.5, 0.6) is 0 Å². The molecule has 1 aliphatic rings. The Labute approximate surface area is 90.9 Å². The first-order chi connectivity index (χ1) is 7.11. The summed E-state index contributed by atoms with van der Waals surface area (Å²) in [6.45, 7) is 0.0145. The van der Waals surface area contributed by atoms with Crippen LogP contribution < -0.4 is 0 Å². The van der Waals surface area contributed by atoms with E-state index in [1.54, 1.807) is 0 Å². The SMILES string of the molecule is OCC1OC(OCC[SiH3])C(O)C(O)C1O. The molecule has 1 rings (SSSR count). The second-order valence-corrected chi connectivity index (χ2v) is 4.57. The Balaban J connectivity index is 2.57. The van der Waals surface area contributed by atoms with Crippen LogP contribution in [-0.4, -0.2) is 74.6 Å². The first-order valence-electron chi connectivity index (χ1n) is 5.04. The van der Waals surface area contributed by atoms with E-state index in [1.807, 2.05) is 0 Å². The maximum absolute atomic E-state index is 9.52. The van der Waals surface area contributed by atoms with Gasteiger partial charge in [0.2, 0.25) is 0 Å². The molecule has 1 heterocycles. The van der Waals surface area contributed by atoms with Gasteiger partial charge in [-0.3, -0.25) is 0 Å². The molecule has 5 atom stereocenters. The summed E-state index contributed by atoms with van der Waals surface area (Å²) < 4.78 is 10.3. The number of aliphatic hydroxyl groups is 4. The summed E-state index contributed by atoms with van der Waals surface area (Å²) in [6.07, 6.45) is -5.82. The molecule has 0 saturated carbocycles. The van der Waals surface area contributed by atoms with Crippen molar-refractivity contribution in [1.29, 1.82) is 0 Å². The minimum Gasteiger partial charge on any atom is -0.394 e. The first-order valence-corrected chi connectivity index (χ1v) is 6.45. The third kappa shape index (κ3) is 2.97. The predicted octanol–water partition coefficient (Wildman–Crippen LogP) is -3.41. The highest BCUT2D eigenvalue weighted by molar-refractivity contribution is 6.08. The molecule has 0 bridgehead atoms. The summed E-state index contributed by atoms with van der Waals surface area (Å²) in [7, 11) is 0.975. The van der Waals surface area contributed by atoms with Crippen LogP contribution in [0.2, 0.25) is 6.04 Å². The van der Waals surface area contributed by atoms with E-state index < -0.39 is 37.3 Å². The molecule has 0 radical (unpaired) electrons. The highest BCUT2D eigenvalue weighted by Gasteiger charge is 2.43. The lowest BCUT2D eigenvalue weighted by molar-refractivity contribution is -0.299. The number of aliphatic hydroxyl groups excluding tert-OH is 4. The van der Waals surface area contributed by atoms with Crippen LogP contribution in [0.15, 0.2) is 0 Å². The van der Waals surface area contributed by atoms with Crippen molar-refractivity contribution in [2.24, 2.45) is 0 Å². The molecular formula is C8H18O6Si. The van der Waals surface area contributed by atoms with Crippen LogP contribution in [0.4, 0.5) is 0 Å². The van der Waals surface area contributed by atoms with Gasteiger partial charge in [-0.2, -0.15) is 0 Å². The molecule has 6 nitrogen and oxygen atoms in total. The molecule has 0 aromatic rings. The van der Waals surface area contributed by atoms with Crippen LogP contribution >= 0.6 is 0 Å². The van der Waals surface area contributed by atoms with E-state index >= 15 is 0 Å². The van der Waals surface area contributed by atoms with Gasteiger partial charge in [-0.1, -0.05) is 0 Å². The predicted molar refractivity (Wildman–Crippen MR) is 54.5 cm³/mol. The summed E-state index contributed by atoms with van der Waals surface area (Å²) in [5.74, 6) is 0. The van der Waals surface area contributed by atoms with Crippen molar-refractivity contribution >= 4 is 10.2 Å². The summed E-state index contributed by atoms with van der Waals surface area (Å²) >= 11 is 0. The minimum absolute atomic E-state index is 0.425. The Morgan fingerprint density at radius 2 is 1.80 bits per heavy atom. The standard InChI is InChI=1S/C8H18O6Si/c9-3-4-5(10)6(11)7(12)8(14-4)13-1-2-15/h4-12H,1-3H2,15H3. The number of hydrogen-bond acceptors (Lipinski definition) is 6. The molecule has 0 amide bonds. The van der Waals surface area contributed by atoms with E-state index in [0.29, 0.717) is 6.61 Å². The van der Waals surface area contributed by atoms with Gasteiger partial charge in [-0.25, -0.2) is 0 Å². The Kier molecular flexibility index (Phi) is 5.13. The van der Waals surface area contributed by atoms with Gasteiger partial charge >= 0.3 is 0 Å². The van der Waals surface area contributed by atoms with Gasteiger partial charge in [0.15, 0.2) is 6.29 Å². The van der Waals surface area contributed by atoms with Crippen molar-refractivity contribution in [1.82, 2.24) is 0 Å².